The molecule has 0 heterocycles. The van der Waals surface area contributed by atoms with Gasteiger partial charge >= 0.3 is 0 Å². The highest BCUT2D eigenvalue weighted by Crippen LogP contribution is 2.24. The van der Waals surface area contributed by atoms with Crippen LogP contribution in [-0.4, -0.2) is 39.4 Å². The lowest BCUT2D eigenvalue weighted by molar-refractivity contribution is -0.114. The molecule has 1 amide bonds. The highest BCUT2D eigenvalue weighted by atomic mass is 16.5. The zero-order chi connectivity index (χ0) is 19.5. The summed E-state index contributed by atoms with van der Waals surface area (Å²) in [7, 11) is 1.63. The Hall–Kier alpha value is -2.99. The van der Waals surface area contributed by atoms with E-state index >= 15 is 0 Å². The van der Waals surface area contributed by atoms with Gasteiger partial charge in [0.05, 0.1) is 18.8 Å². The molecule has 0 aliphatic carbocycles. The second-order valence-corrected chi connectivity index (χ2v) is 6.01. The molecule has 0 saturated heterocycles. The van der Waals surface area contributed by atoms with E-state index in [0.29, 0.717) is 31.3 Å². The van der Waals surface area contributed by atoms with E-state index in [4.69, 9.17) is 14.2 Å². The second-order valence-electron chi connectivity index (χ2n) is 6.01. The van der Waals surface area contributed by atoms with Crippen LogP contribution in [0.25, 0.3) is 0 Å². The lowest BCUT2D eigenvalue weighted by Crippen LogP contribution is -2.22. The molecule has 27 heavy (non-hydrogen) atoms. The summed E-state index contributed by atoms with van der Waals surface area (Å²) in [6, 6.07) is 14.7. The van der Waals surface area contributed by atoms with Crippen molar-refractivity contribution >= 4 is 17.3 Å². The van der Waals surface area contributed by atoms with Crippen molar-refractivity contribution in [2.45, 2.75) is 6.92 Å². The van der Waals surface area contributed by atoms with Crippen LogP contribution in [0.3, 0.4) is 0 Å². The largest absolute Gasteiger partial charge is 0.491 e. The first-order valence-corrected chi connectivity index (χ1v) is 8.70. The van der Waals surface area contributed by atoms with Crippen LogP contribution in [0.1, 0.15) is 6.92 Å². The molecule has 0 aliphatic rings. The molecule has 0 fully saturated rings. The average Bonchev–Trinajstić information content (AvgIpc) is 2.67. The van der Waals surface area contributed by atoms with E-state index in [9.17, 15) is 4.79 Å². The van der Waals surface area contributed by atoms with E-state index in [1.807, 2.05) is 31.2 Å². The maximum absolute atomic E-state index is 12.2. The number of carbonyl (C=O) groups is 1. The summed E-state index contributed by atoms with van der Waals surface area (Å²) < 4.78 is 16.1. The van der Waals surface area contributed by atoms with E-state index in [0.717, 1.165) is 17.0 Å². The van der Waals surface area contributed by atoms with Crippen LogP contribution in [0.4, 0.5) is 11.4 Å². The Kier molecular flexibility index (Phi) is 8.19. The van der Waals surface area contributed by atoms with Crippen molar-refractivity contribution in [2.75, 3.05) is 44.1 Å². The maximum atomic E-state index is 12.2. The van der Waals surface area contributed by atoms with Gasteiger partial charge in [-0.05, 0) is 48.9 Å². The van der Waals surface area contributed by atoms with Crippen LogP contribution in [0.15, 0.2) is 60.7 Å². The first kappa shape index (κ1) is 20.3. The Bertz CT molecular complexity index is 744. The van der Waals surface area contributed by atoms with Gasteiger partial charge < -0.3 is 24.8 Å². The molecular weight excluding hydrogens is 344 g/mol. The van der Waals surface area contributed by atoms with Crippen LogP contribution in [0.5, 0.6) is 11.5 Å². The predicted molar refractivity (Wildman–Crippen MR) is 108 cm³/mol. The van der Waals surface area contributed by atoms with Crippen LogP contribution < -0.4 is 20.1 Å². The minimum absolute atomic E-state index is 0.125. The van der Waals surface area contributed by atoms with Gasteiger partial charge in [-0.25, -0.2) is 0 Å². The molecule has 0 unspecified atom stereocenters. The Morgan fingerprint density at radius 2 is 1.78 bits per heavy atom. The number of benzene rings is 2. The zero-order valence-electron chi connectivity index (χ0n) is 15.8. The van der Waals surface area contributed by atoms with E-state index in [-0.39, 0.29) is 12.5 Å². The van der Waals surface area contributed by atoms with E-state index in [2.05, 4.69) is 17.2 Å². The van der Waals surface area contributed by atoms with Crippen molar-refractivity contribution in [1.29, 1.82) is 0 Å². The standard InChI is InChI=1S/C21H26N2O4/c1-16(2)15-27-20-7-5-4-6-19(20)22-14-21(24)23-17-8-10-18(11-9-17)26-13-12-25-3/h4-11,22H,1,12-15H2,2-3H3,(H,23,24). The monoisotopic (exact) mass is 370 g/mol. The summed E-state index contributed by atoms with van der Waals surface area (Å²) >= 11 is 0. The van der Waals surface area contributed by atoms with Gasteiger partial charge in [-0.15, -0.1) is 0 Å². The number of anilines is 2. The quantitative estimate of drug-likeness (QED) is 0.466. The van der Waals surface area contributed by atoms with Gasteiger partial charge in [0.2, 0.25) is 5.91 Å². The molecule has 2 rings (SSSR count). The first-order chi connectivity index (χ1) is 13.1. The number of methoxy groups -OCH3 is 1. The number of ether oxygens (including phenoxy) is 3. The summed E-state index contributed by atoms with van der Waals surface area (Å²) in [6.45, 7) is 7.30. The van der Waals surface area contributed by atoms with Crippen LogP contribution in [0.2, 0.25) is 0 Å². The highest BCUT2D eigenvalue weighted by Gasteiger charge is 2.06. The normalized spacial score (nSPS) is 10.1. The Morgan fingerprint density at radius 1 is 1.04 bits per heavy atom. The topological polar surface area (TPSA) is 68.8 Å². The summed E-state index contributed by atoms with van der Waals surface area (Å²) in [4.78, 5) is 12.2. The molecule has 6 nitrogen and oxygen atoms in total. The Balaban J connectivity index is 1.83. The molecule has 0 saturated carbocycles. The molecule has 144 valence electrons. The SMILES string of the molecule is C=C(C)COc1ccccc1NCC(=O)Nc1ccc(OCCOC)cc1. The molecule has 2 aromatic carbocycles. The zero-order valence-corrected chi connectivity index (χ0v) is 15.8. The lowest BCUT2D eigenvalue weighted by atomic mass is 10.2. The molecule has 2 N–H and O–H groups in total. The number of para-hydroxylation sites is 2. The molecule has 0 spiro atoms. The number of rotatable bonds is 11. The Morgan fingerprint density at radius 3 is 2.48 bits per heavy atom. The fourth-order valence-corrected chi connectivity index (χ4v) is 2.20. The number of hydrogen-bond acceptors (Lipinski definition) is 5. The minimum Gasteiger partial charge on any atom is -0.491 e. The molecule has 6 heteroatoms. The third-order valence-corrected chi connectivity index (χ3v) is 3.49. The fraction of sp³-hybridized carbons (Fsp3) is 0.286. The van der Waals surface area contributed by atoms with Crippen LogP contribution in [0, 0.1) is 0 Å². The number of carbonyl (C=O) groups excluding carboxylic acids is 1. The Labute approximate surface area is 160 Å². The minimum atomic E-state index is -0.155. The highest BCUT2D eigenvalue weighted by molar-refractivity contribution is 5.94. The third-order valence-electron chi connectivity index (χ3n) is 3.49. The molecule has 0 aliphatic heterocycles. The van der Waals surface area contributed by atoms with E-state index < -0.39 is 0 Å². The van der Waals surface area contributed by atoms with Gasteiger partial charge in [0.25, 0.3) is 0 Å². The van der Waals surface area contributed by atoms with Crippen molar-refractivity contribution in [3.8, 4) is 11.5 Å². The van der Waals surface area contributed by atoms with Gasteiger partial charge in [-0.1, -0.05) is 18.7 Å². The first-order valence-electron chi connectivity index (χ1n) is 8.70. The van der Waals surface area contributed by atoms with E-state index in [1.54, 1.807) is 31.4 Å². The molecule has 0 atom stereocenters. The maximum Gasteiger partial charge on any atom is 0.243 e. The van der Waals surface area contributed by atoms with E-state index in [1.165, 1.54) is 0 Å². The molecule has 0 radical (unpaired) electrons. The van der Waals surface area contributed by atoms with Gasteiger partial charge in [-0.2, -0.15) is 0 Å². The molecule has 0 bridgehead atoms. The molecular formula is C21H26N2O4. The number of amides is 1. The van der Waals surface area contributed by atoms with Crippen molar-refractivity contribution in [3.05, 3.63) is 60.7 Å². The van der Waals surface area contributed by atoms with Crippen molar-refractivity contribution in [1.82, 2.24) is 0 Å². The second kappa shape index (κ2) is 10.9. The number of hydrogen-bond donors (Lipinski definition) is 2. The third kappa shape index (κ3) is 7.42. The lowest BCUT2D eigenvalue weighted by Gasteiger charge is -2.13. The summed E-state index contributed by atoms with van der Waals surface area (Å²) in [5.41, 5.74) is 2.39. The van der Waals surface area contributed by atoms with Gasteiger partial charge in [-0.3, -0.25) is 4.79 Å². The van der Waals surface area contributed by atoms with Crippen LogP contribution >= 0.6 is 0 Å². The smallest absolute Gasteiger partial charge is 0.243 e. The van der Waals surface area contributed by atoms with Crippen molar-refractivity contribution in [2.24, 2.45) is 0 Å². The molecule has 0 aromatic heterocycles. The van der Waals surface area contributed by atoms with Gasteiger partial charge in [0.15, 0.2) is 0 Å². The fourth-order valence-electron chi connectivity index (χ4n) is 2.20. The van der Waals surface area contributed by atoms with Crippen LogP contribution in [-0.2, 0) is 9.53 Å². The number of nitrogens with one attached hydrogen (secondary N) is 2. The van der Waals surface area contributed by atoms with Gasteiger partial charge in [0.1, 0.15) is 24.7 Å². The predicted octanol–water partition coefficient (Wildman–Crippen LogP) is 3.72. The van der Waals surface area contributed by atoms with Crippen molar-refractivity contribution in [3.63, 3.8) is 0 Å². The molecule has 2 aromatic rings. The van der Waals surface area contributed by atoms with Crippen molar-refractivity contribution < 1.29 is 19.0 Å². The average molecular weight is 370 g/mol. The summed E-state index contributed by atoms with van der Waals surface area (Å²) in [5, 5.41) is 5.94. The van der Waals surface area contributed by atoms with Gasteiger partial charge in [0, 0.05) is 12.8 Å². The summed E-state index contributed by atoms with van der Waals surface area (Å²) in [5.74, 6) is 1.26. The summed E-state index contributed by atoms with van der Waals surface area (Å²) in [6.07, 6.45) is 0.